The molecule has 2 aliphatic heterocycles. The fraction of sp³-hybridized carbons (Fsp3) is 0.625. The molecule has 2 heterocycles. The molecule has 5 heteroatoms. The minimum atomic E-state index is -0.346. The van der Waals surface area contributed by atoms with Gasteiger partial charge in [0.25, 0.3) is 0 Å². The molecule has 3 N–H and O–H groups in total. The molecule has 0 radical (unpaired) electrons. The van der Waals surface area contributed by atoms with E-state index in [0.29, 0.717) is 36.8 Å². The van der Waals surface area contributed by atoms with Crippen LogP contribution in [0.15, 0.2) is 29.8 Å². The molecule has 1 amide bonds. The van der Waals surface area contributed by atoms with E-state index in [1.807, 2.05) is 0 Å². The predicted octanol–water partition coefficient (Wildman–Crippen LogP) is 3.22. The van der Waals surface area contributed by atoms with Gasteiger partial charge in [0.2, 0.25) is 5.91 Å². The van der Waals surface area contributed by atoms with E-state index in [1.165, 1.54) is 16.7 Å². The molecule has 2 saturated heterocycles. The zero-order valence-electron chi connectivity index (χ0n) is 17.6. The summed E-state index contributed by atoms with van der Waals surface area (Å²) in [6.07, 6.45) is 6.91. The van der Waals surface area contributed by atoms with Crippen LogP contribution in [0.1, 0.15) is 63.1 Å². The Balaban J connectivity index is 1.25. The molecule has 1 aromatic carbocycles. The van der Waals surface area contributed by atoms with E-state index in [0.717, 1.165) is 32.2 Å². The van der Waals surface area contributed by atoms with Gasteiger partial charge in [0, 0.05) is 24.9 Å². The third-order valence-electron chi connectivity index (χ3n) is 7.71. The molecular formula is C24H33N3O2. The number of benzene rings is 1. The van der Waals surface area contributed by atoms with Gasteiger partial charge < -0.3 is 20.7 Å². The van der Waals surface area contributed by atoms with Gasteiger partial charge in [0.05, 0.1) is 18.7 Å². The van der Waals surface area contributed by atoms with Crippen molar-refractivity contribution in [2.45, 2.75) is 69.8 Å². The van der Waals surface area contributed by atoms with Crippen LogP contribution in [0.2, 0.25) is 0 Å². The van der Waals surface area contributed by atoms with Crippen molar-refractivity contribution in [3.8, 4) is 0 Å². The summed E-state index contributed by atoms with van der Waals surface area (Å²) in [6, 6.07) is 9.09. The number of nitrogens with zero attached hydrogens (tertiary/aromatic N) is 1. The fourth-order valence-corrected chi connectivity index (χ4v) is 6.06. The van der Waals surface area contributed by atoms with Crippen LogP contribution in [0.3, 0.4) is 0 Å². The van der Waals surface area contributed by atoms with Crippen molar-refractivity contribution in [1.82, 2.24) is 10.2 Å². The Morgan fingerprint density at radius 1 is 1.31 bits per heavy atom. The molecule has 4 aliphatic rings. The number of carbonyl (C=O) groups is 1. The number of hydrogen-bond acceptors (Lipinski definition) is 4. The van der Waals surface area contributed by atoms with E-state index < -0.39 is 0 Å². The van der Waals surface area contributed by atoms with Gasteiger partial charge in [-0.15, -0.1) is 0 Å². The third-order valence-corrected chi connectivity index (χ3v) is 7.71. The zero-order chi connectivity index (χ0) is 20.2. The van der Waals surface area contributed by atoms with E-state index in [2.05, 4.69) is 54.4 Å². The van der Waals surface area contributed by atoms with E-state index in [-0.39, 0.29) is 17.8 Å². The minimum absolute atomic E-state index is 0.00129. The summed E-state index contributed by atoms with van der Waals surface area (Å²) >= 11 is 0. The molecule has 0 bridgehead atoms. The number of rotatable bonds is 4. The van der Waals surface area contributed by atoms with Crippen LogP contribution in [-0.4, -0.2) is 41.8 Å². The van der Waals surface area contributed by atoms with Crippen molar-refractivity contribution in [2.24, 2.45) is 17.6 Å². The van der Waals surface area contributed by atoms with Crippen LogP contribution in [-0.2, 0) is 9.53 Å². The van der Waals surface area contributed by atoms with Crippen molar-refractivity contribution in [1.29, 1.82) is 0 Å². The highest BCUT2D eigenvalue weighted by Crippen LogP contribution is 2.50. The smallest absolute Gasteiger partial charge is 0.225 e. The summed E-state index contributed by atoms with van der Waals surface area (Å²) in [4.78, 5) is 14.9. The van der Waals surface area contributed by atoms with E-state index in [9.17, 15) is 4.79 Å². The maximum Gasteiger partial charge on any atom is 0.225 e. The lowest BCUT2D eigenvalue weighted by molar-refractivity contribution is -0.188. The number of amides is 1. The molecule has 3 fully saturated rings. The van der Waals surface area contributed by atoms with Crippen LogP contribution in [0.5, 0.6) is 0 Å². The molecule has 1 spiro atoms. The Bertz CT molecular complexity index is 835. The Morgan fingerprint density at radius 3 is 2.93 bits per heavy atom. The Kier molecular flexibility index (Phi) is 4.80. The number of fused-ring (bicyclic) bond motifs is 1. The summed E-state index contributed by atoms with van der Waals surface area (Å²) in [6.45, 7) is 5.93. The number of piperidine rings is 1. The molecule has 5 nitrogen and oxygen atoms in total. The lowest BCUT2D eigenvalue weighted by Crippen LogP contribution is -2.62. The van der Waals surface area contributed by atoms with Gasteiger partial charge in [-0.2, -0.15) is 0 Å². The first-order chi connectivity index (χ1) is 14.0. The first-order valence-corrected chi connectivity index (χ1v) is 11.2. The third kappa shape index (κ3) is 3.06. The van der Waals surface area contributed by atoms with Gasteiger partial charge in [0.1, 0.15) is 5.72 Å². The van der Waals surface area contributed by atoms with Crippen molar-refractivity contribution in [3.05, 3.63) is 41.0 Å². The van der Waals surface area contributed by atoms with Gasteiger partial charge in [0.15, 0.2) is 0 Å². The van der Waals surface area contributed by atoms with Gasteiger partial charge in [-0.05, 0) is 48.3 Å². The highest BCUT2D eigenvalue weighted by Gasteiger charge is 2.59. The number of nitrogens with two attached hydrogens (primary N) is 1. The molecule has 1 unspecified atom stereocenters. The van der Waals surface area contributed by atoms with Crippen LogP contribution < -0.4 is 11.1 Å². The average Bonchev–Trinajstić information content (AvgIpc) is 3.26. The topological polar surface area (TPSA) is 67.6 Å². The van der Waals surface area contributed by atoms with Crippen LogP contribution in [0, 0.1) is 11.8 Å². The monoisotopic (exact) mass is 395 g/mol. The SMILES string of the molecule is CC(C)[C@H]1CO[C@]23CC[C@H](NCC4=Cc5ccccc5C4N)C[C@H]2CCC(=O)N13. The maximum absolute atomic E-state index is 12.8. The maximum atomic E-state index is 12.8. The van der Waals surface area contributed by atoms with Crippen LogP contribution in [0.4, 0.5) is 0 Å². The van der Waals surface area contributed by atoms with Crippen molar-refractivity contribution in [2.75, 3.05) is 13.2 Å². The van der Waals surface area contributed by atoms with Crippen LogP contribution in [0.25, 0.3) is 6.08 Å². The van der Waals surface area contributed by atoms with Gasteiger partial charge in [-0.3, -0.25) is 4.79 Å². The quantitative estimate of drug-likeness (QED) is 0.821. The number of hydrogen-bond donors (Lipinski definition) is 2. The lowest BCUT2D eigenvalue weighted by atomic mass is 9.72. The van der Waals surface area contributed by atoms with E-state index in [1.54, 1.807) is 0 Å². The molecule has 0 aromatic heterocycles. The number of carbonyl (C=O) groups excluding carboxylic acids is 1. The second-order valence-corrected chi connectivity index (χ2v) is 9.64. The van der Waals surface area contributed by atoms with E-state index >= 15 is 0 Å². The fourth-order valence-electron chi connectivity index (χ4n) is 6.06. The molecule has 5 rings (SSSR count). The second kappa shape index (κ2) is 7.22. The van der Waals surface area contributed by atoms with Crippen molar-refractivity contribution < 1.29 is 9.53 Å². The van der Waals surface area contributed by atoms with Gasteiger partial charge in [-0.25, -0.2) is 0 Å². The van der Waals surface area contributed by atoms with Gasteiger partial charge >= 0.3 is 0 Å². The molecule has 29 heavy (non-hydrogen) atoms. The standard InChI is InChI=1S/C24H33N3O2/c1-15(2)21-14-29-24-10-9-19(12-18(24)7-8-22(28)27(21)24)26-13-17-11-16-5-3-4-6-20(16)23(17)25/h3-6,11,15,18-19,21,23,26H,7-10,12-14,25H2,1-2H3/t18-,19+,21-,23?,24-/m1/s1. The Morgan fingerprint density at radius 2 is 2.14 bits per heavy atom. The first-order valence-electron chi connectivity index (χ1n) is 11.2. The average molecular weight is 396 g/mol. The summed E-state index contributed by atoms with van der Waals surface area (Å²) in [5.74, 6) is 1.16. The van der Waals surface area contributed by atoms with Crippen molar-refractivity contribution >= 4 is 12.0 Å². The first kappa shape index (κ1) is 19.3. The molecular weight excluding hydrogens is 362 g/mol. The highest BCUT2D eigenvalue weighted by molar-refractivity contribution is 5.78. The number of ether oxygens (including phenoxy) is 1. The normalized spacial score (nSPS) is 36.1. The predicted molar refractivity (Wildman–Crippen MR) is 114 cm³/mol. The highest BCUT2D eigenvalue weighted by atomic mass is 16.5. The van der Waals surface area contributed by atoms with Crippen molar-refractivity contribution in [3.63, 3.8) is 0 Å². The molecule has 156 valence electrons. The summed E-state index contributed by atoms with van der Waals surface area (Å²) in [7, 11) is 0. The Labute approximate surface area is 173 Å². The van der Waals surface area contributed by atoms with Gasteiger partial charge in [-0.1, -0.05) is 44.2 Å². The van der Waals surface area contributed by atoms with E-state index in [4.69, 9.17) is 10.5 Å². The second-order valence-electron chi connectivity index (χ2n) is 9.64. The zero-order valence-corrected chi connectivity index (χ0v) is 17.6. The summed E-state index contributed by atoms with van der Waals surface area (Å²) in [5, 5.41) is 3.78. The van der Waals surface area contributed by atoms with Crippen LogP contribution >= 0.6 is 0 Å². The molecule has 1 aromatic rings. The minimum Gasteiger partial charge on any atom is -0.353 e. The summed E-state index contributed by atoms with van der Waals surface area (Å²) < 4.78 is 6.42. The number of nitrogens with one attached hydrogen (secondary N) is 1. The molecule has 1 saturated carbocycles. The molecule has 5 atom stereocenters. The summed E-state index contributed by atoms with van der Waals surface area (Å²) in [5.41, 5.74) is 9.87. The molecule has 2 aliphatic carbocycles. The largest absolute Gasteiger partial charge is 0.353 e. The lowest BCUT2D eigenvalue weighted by Gasteiger charge is -2.52. The Hall–Kier alpha value is -1.69.